The molecule has 128 valence electrons. The van der Waals surface area contributed by atoms with Crippen LogP contribution in [-0.4, -0.2) is 12.0 Å². The third kappa shape index (κ3) is 4.30. The first-order valence-corrected chi connectivity index (χ1v) is 8.40. The standard InChI is InChI=1S/C20H24ClNO2/c1-13-16(21)10-8-11-17(13)22-19(23)14(2)24-18-12-7-6-9-15(18)20(3,4)5/h6-12,14H,1-5H3,(H,22,23). The number of benzene rings is 2. The Morgan fingerprint density at radius 3 is 2.46 bits per heavy atom. The highest BCUT2D eigenvalue weighted by molar-refractivity contribution is 6.31. The summed E-state index contributed by atoms with van der Waals surface area (Å²) in [6.45, 7) is 9.98. The molecule has 0 aliphatic carbocycles. The zero-order chi connectivity index (χ0) is 17.9. The minimum Gasteiger partial charge on any atom is -0.481 e. The third-order valence-electron chi connectivity index (χ3n) is 3.89. The Balaban J connectivity index is 2.14. The first-order chi connectivity index (χ1) is 11.2. The van der Waals surface area contributed by atoms with Crippen molar-refractivity contribution in [3.05, 3.63) is 58.6 Å². The summed E-state index contributed by atoms with van der Waals surface area (Å²) in [5.74, 6) is 0.527. The van der Waals surface area contributed by atoms with Gasteiger partial charge < -0.3 is 10.1 Å². The largest absolute Gasteiger partial charge is 0.481 e. The molecule has 2 aromatic rings. The highest BCUT2D eigenvalue weighted by atomic mass is 35.5. The molecule has 0 spiro atoms. The molecule has 0 fully saturated rings. The van der Waals surface area contributed by atoms with Crippen LogP contribution in [0.4, 0.5) is 5.69 Å². The Morgan fingerprint density at radius 2 is 1.79 bits per heavy atom. The number of hydrogen-bond acceptors (Lipinski definition) is 2. The number of anilines is 1. The molecule has 0 saturated carbocycles. The molecule has 1 atom stereocenters. The molecule has 2 rings (SSSR count). The van der Waals surface area contributed by atoms with Crippen LogP contribution in [0.15, 0.2) is 42.5 Å². The zero-order valence-corrected chi connectivity index (χ0v) is 15.6. The average Bonchev–Trinajstić information content (AvgIpc) is 2.51. The molecule has 1 amide bonds. The molecular weight excluding hydrogens is 322 g/mol. The fourth-order valence-electron chi connectivity index (χ4n) is 2.41. The van der Waals surface area contributed by atoms with Crippen LogP contribution in [0.2, 0.25) is 5.02 Å². The molecule has 1 unspecified atom stereocenters. The number of nitrogens with one attached hydrogen (secondary N) is 1. The molecule has 0 radical (unpaired) electrons. The maximum Gasteiger partial charge on any atom is 0.265 e. The number of halogens is 1. The van der Waals surface area contributed by atoms with E-state index in [0.717, 1.165) is 16.9 Å². The number of carbonyl (C=O) groups excluding carboxylic acids is 1. The van der Waals surface area contributed by atoms with Crippen LogP contribution in [0, 0.1) is 6.92 Å². The fraction of sp³-hybridized carbons (Fsp3) is 0.350. The SMILES string of the molecule is Cc1c(Cl)cccc1NC(=O)C(C)Oc1ccccc1C(C)(C)C. The van der Waals surface area contributed by atoms with Gasteiger partial charge in [-0.2, -0.15) is 0 Å². The minimum absolute atomic E-state index is 0.0592. The summed E-state index contributed by atoms with van der Waals surface area (Å²) in [6.07, 6.45) is -0.619. The molecule has 0 aliphatic heterocycles. The molecule has 0 heterocycles. The lowest BCUT2D eigenvalue weighted by Crippen LogP contribution is -2.31. The smallest absolute Gasteiger partial charge is 0.265 e. The summed E-state index contributed by atoms with van der Waals surface area (Å²) in [7, 11) is 0. The van der Waals surface area contributed by atoms with Crippen molar-refractivity contribution in [1.29, 1.82) is 0 Å². The van der Waals surface area contributed by atoms with Crippen molar-refractivity contribution in [2.75, 3.05) is 5.32 Å². The van der Waals surface area contributed by atoms with Crippen molar-refractivity contribution in [2.24, 2.45) is 0 Å². The Kier molecular flexibility index (Phi) is 5.55. The molecule has 0 aliphatic rings. The third-order valence-corrected chi connectivity index (χ3v) is 4.30. The van der Waals surface area contributed by atoms with Gasteiger partial charge in [-0.3, -0.25) is 4.79 Å². The Hall–Kier alpha value is -2.00. The van der Waals surface area contributed by atoms with Gasteiger partial charge in [0.1, 0.15) is 5.75 Å². The lowest BCUT2D eigenvalue weighted by atomic mass is 9.86. The minimum atomic E-state index is -0.619. The van der Waals surface area contributed by atoms with Crippen LogP contribution in [0.5, 0.6) is 5.75 Å². The predicted molar refractivity (Wildman–Crippen MR) is 100 cm³/mol. The molecule has 1 N–H and O–H groups in total. The van der Waals surface area contributed by atoms with E-state index in [0.29, 0.717) is 10.7 Å². The summed E-state index contributed by atoms with van der Waals surface area (Å²) < 4.78 is 5.93. The van der Waals surface area contributed by atoms with Gasteiger partial charge in [0.05, 0.1) is 0 Å². The van der Waals surface area contributed by atoms with Crippen LogP contribution >= 0.6 is 11.6 Å². The summed E-state index contributed by atoms with van der Waals surface area (Å²) in [5.41, 5.74) is 2.56. The number of para-hydroxylation sites is 1. The second kappa shape index (κ2) is 7.27. The normalized spacial score (nSPS) is 12.6. The molecule has 0 bridgehead atoms. The van der Waals surface area contributed by atoms with Crippen LogP contribution in [-0.2, 0) is 10.2 Å². The van der Waals surface area contributed by atoms with Crippen molar-refractivity contribution in [1.82, 2.24) is 0 Å². The van der Waals surface area contributed by atoms with E-state index < -0.39 is 6.10 Å². The van der Waals surface area contributed by atoms with E-state index in [9.17, 15) is 4.79 Å². The quantitative estimate of drug-likeness (QED) is 0.810. The monoisotopic (exact) mass is 345 g/mol. The van der Waals surface area contributed by atoms with Gasteiger partial charge in [-0.1, -0.05) is 56.6 Å². The Morgan fingerprint density at radius 1 is 1.12 bits per heavy atom. The van der Waals surface area contributed by atoms with Crippen LogP contribution in [0.25, 0.3) is 0 Å². The van der Waals surface area contributed by atoms with Crippen molar-refractivity contribution >= 4 is 23.2 Å². The van der Waals surface area contributed by atoms with E-state index in [-0.39, 0.29) is 11.3 Å². The molecule has 24 heavy (non-hydrogen) atoms. The van der Waals surface area contributed by atoms with Gasteiger partial charge in [0.2, 0.25) is 0 Å². The number of amides is 1. The van der Waals surface area contributed by atoms with Crippen LogP contribution < -0.4 is 10.1 Å². The van der Waals surface area contributed by atoms with E-state index in [4.69, 9.17) is 16.3 Å². The Bertz CT molecular complexity index is 735. The van der Waals surface area contributed by atoms with E-state index in [1.165, 1.54) is 0 Å². The van der Waals surface area contributed by atoms with Gasteiger partial charge in [-0.25, -0.2) is 0 Å². The molecule has 2 aromatic carbocycles. The Labute approximate surface area is 149 Å². The van der Waals surface area contributed by atoms with Gasteiger partial charge >= 0.3 is 0 Å². The van der Waals surface area contributed by atoms with Gasteiger partial charge in [-0.15, -0.1) is 0 Å². The van der Waals surface area contributed by atoms with Crippen molar-refractivity contribution in [3.8, 4) is 5.75 Å². The molecule has 0 aromatic heterocycles. The second-order valence-corrected chi connectivity index (χ2v) is 7.32. The van der Waals surface area contributed by atoms with E-state index >= 15 is 0 Å². The number of ether oxygens (including phenoxy) is 1. The van der Waals surface area contributed by atoms with Crippen molar-refractivity contribution < 1.29 is 9.53 Å². The van der Waals surface area contributed by atoms with E-state index in [1.807, 2.05) is 43.3 Å². The van der Waals surface area contributed by atoms with Crippen LogP contribution in [0.3, 0.4) is 0 Å². The lowest BCUT2D eigenvalue weighted by Gasteiger charge is -2.24. The summed E-state index contributed by atoms with van der Waals surface area (Å²) in [6, 6.07) is 13.3. The molecule has 0 saturated heterocycles. The van der Waals surface area contributed by atoms with E-state index in [1.54, 1.807) is 13.0 Å². The van der Waals surface area contributed by atoms with Gasteiger partial charge in [0.25, 0.3) is 5.91 Å². The molecular formula is C20H24ClNO2. The summed E-state index contributed by atoms with van der Waals surface area (Å²) >= 11 is 6.10. The van der Waals surface area contributed by atoms with Gasteiger partial charge in [0, 0.05) is 10.7 Å². The molecule has 4 heteroatoms. The highest BCUT2D eigenvalue weighted by Crippen LogP contribution is 2.31. The number of rotatable bonds is 4. The first kappa shape index (κ1) is 18.3. The van der Waals surface area contributed by atoms with Crippen molar-refractivity contribution in [2.45, 2.75) is 46.1 Å². The first-order valence-electron chi connectivity index (χ1n) is 8.02. The van der Waals surface area contributed by atoms with Crippen molar-refractivity contribution in [3.63, 3.8) is 0 Å². The maximum atomic E-state index is 12.5. The summed E-state index contributed by atoms with van der Waals surface area (Å²) in [5, 5.41) is 3.51. The summed E-state index contributed by atoms with van der Waals surface area (Å²) in [4.78, 5) is 12.5. The average molecular weight is 346 g/mol. The highest BCUT2D eigenvalue weighted by Gasteiger charge is 2.22. The lowest BCUT2D eigenvalue weighted by molar-refractivity contribution is -0.122. The number of hydrogen-bond donors (Lipinski definition) is 1. The van der Waals surface area contributed by atoms with Gasteiger partial charge in [0.15, 0.2) is 6.10 Å². The van der Waals surface area contributed by atoms with Gasteiger partial charge in [-0.05, 0) is 48.6 Å². The maximum absolute atomic E-state index is 12.5. The zero-order valence-electron chi connectivity index (χ0n) is 14.8. The topological polar surface area (TPSA) is 38.3 Å². The van der Waals surface area contributed by atoms with Crippen LogP contribution in [0.1, 0.15) is 38.8 Å². The van der Waals surface area contributed by atoms with E-state index in [2.05, 4.69) is 26.1 Å². The fourth-order valence-corrected chi connectivity index (χ4v) is 2.58. The predicted octanol–water partition coefficient (Wildman–Crippen LogP) is 5.35. The second-order valence-electron chi connectivity index (χ2n) is 6.91. The molecule has 3 nitrogen and oxygen atoms in total. The number of carbonyl (C=O) groups is 1.